The van der Waals surface area contributed by atoms with E-state index in [2.05, 4.69) is 5.32 Å². The Morgan fingerprint density at radius 1 is 1.35 bits per heavy atom. The maximum absolute atomic E-state index is 12.5. The first kappa shape index (κ1) is 14.0. The van der Waals surface area contributed by atoms with E-state index in [4.69, 9.17) is 5.11 Å². The van der Waals surface area contributed by atoms with Crippen LogP contribution in [0.2, 0.25) is 0 Å². The van der Waals surface area contributed by atoms with Gasteiger partial charge in [0.15, 0.2) is 0 Å². The van der Waals surface area contributed by atoms with Crippen molar-refractivity contribution in [3.05, 3.63) is 35.4 Å². The molecule has 1 rings (SSSR count). The van der Waals surface area contributed by atoms with E-state index in [9.17, 15) is 13.2 Å². The summed E-state index contributed by atoms with van der Waals surface area (Å²) in [7, 11) is 0. The number of rotatable bonds is 5. The molecule has 1 aromatic carbocycles. The molecule has 0 aliphatic carbocycles. The van der Waals surface area contributed by atoms with Crippen LogP contribution in [0.4, 0.5) is 13.2 Å². The Bertz CT molecular complexity index is 352. The van der Waals surface area contributed by atoms with Crippen molar-refractivity contribution in [1.82, 2.24) is 5.32 Å². The minimum atomic E-state index is -4.30. The second-order valence-corrected chi connectivity index (χ2v) is 3.88. The van der Waals surface area contributed by atoms with Gasteiger partial charge in [0.05, 0.1) is 5.56 Å². The fourth-order valence-corrected chi connectivity index (χ4v) is 1.50. The van der Waals surface area contributed by atoms with E-state index in [0.717, 1.165) is 12.1 Å². The molecule has 0 radical (unpaired) electrons. The molecule has 0 amide bonds. The third-order valence-electron chi connectivity index (χ3n) is 2.50. The molecule has 1 unspecified atom stereocenters. The summed E-state index contributed by atoms with van der Waals surface area (Å²) in [6.07, 6.45) is -3.72. The molecule has 5 heteroatoms. The van der Waals surface area contributed by atoms with Crippen LogP contribution in [-0.4, -0.2) is 18.3 Å². The van der Waals surface area contributed by atoms with Crippen LogP contribution in [0, 0.1) is 0 Å². The fourth-order valence-electron chi connectivity index (χ4n) is 1.50. The minimum Gasteiger partial charge on any atom is -0.396 e. The van der Waals surface area contributed by atoms with Crippen LogP contribution in [0.5, 0.6) is 0 Å². The highest BCUT2D eigenvalue weighted by atomic mass is 19.4. The van der Waals surface area contributed by atoms with Crippen molar-refractivity contribution >= 4 is 0 Å². The van der Waals surface area contributed by atoms with Crippen LogP contribution in [-0.2, 0) is 6.18 Å². The van der Waals surface area contributed by atoms with E-state index >= 15 is 0 Å². The smallest absolute Gasteiger partial charge is 0.396 e. The van der Waals surface area contributed by atoms with Crippen molar-refractivity contribution in [2.75, 3.05) is 13.2 Å². The quantitative estimate of drug-likeness (QED) is 0.784. The lowest BCUT2D eigenvalue weighted by Crippen LogP contribution is -2.21. The van der Waals surface area contributed by atoms with E-state index < -0.39 is 11.7 Å². The summed E-state index contributed by atoms with van der Waals surface area (Å²) in [5.74, 6) is 0. The van der Waals surface area contributed by atoms with Crippen molar-refractivity contribution in [3.8, 4) is 0 Å². The average Bonchev–Trinajstić information content (AvgIpc) is 2.28. The average molecular weight is 247 g/mol. The van der Waals surface area contributed by atoms with Crippen molar-refractivity contribution in [2.45, 2.75) is 25.6 Å². The second kappa shape index (κ2) is 6.02. The number of aliphatic hydroxyl groups is 1. The molecule has 0 aliphatic heterocycles. The van der Waals surface area contributed by atoms with Gasteiger partial charge in [0, 0.05) is 12.6 Å². The number of nitrogens with one attached hydrogen (secondary N) is 1. The second-order valence-electron chi connectivity index (χ2n) is 3.88. The number of alkyl halides is 3. The van der Waals surface area contributed by atoms with E-state index in [1.807, 2.05) is 0 Å². The van der Waals surface area contributed by atoms with Crippen LogP contribution < -0.4 is 5.32 Å². The van der Waals surface area contributed by atoms with Crippen LogP contribution in [0.1, 0.15) is 30.5 Å². The summed E-state index contributed by atoms with van der Waals surface area (Å²) in [5, 5.41) is 11.7. The van der Waals surface area contributed by atoms with Gasteiger partial charge in [-0.05, 0) is 37.6 Å². The lowest BCUT2D eigenvalue weighted by Gasteiger charge is -2.15. The van der Waals surface area contributed by atoms with Gasteiger partial charge in [-0.2, -0.15) is 13.2 Å². The van der Waals surface area contributed by atoms with Gasteiger partial charge >= 0.3 is 6.18 Å². The van der Waals surface area contributed by atoms with Crippen LogP contribution >= 0.6 is 0 Å². The standard InChI is InChI=1S/C12H16F3NO/c1-9(16-6-3-7-17)10-4-2-5-11(8-10)12(13,14)15/h2,4-5,8-9,16-17H,3,6-7H2,1H3. The van der Waals surface area contributed by atoms with Gasteiger partial charge in [0.2, 0.25) is 0 Å². The lowest BCUT2D eigenvalue weighted by atomic mass is 10.0. The number of benzene rings is 1. The summed E-state index contributed by atoms with van der Waals surface area (Å²) in [4.78, 5) is 0. The SMILES string of the molecule is CC(NCCCO)c1cccc(C(F)(F)F)c1. The van der Waals surface area contributed by atoms with Gasteiger partial charge in [-0.15, -0.1) is 0 Å². The lowest BCUT2D eigenvalue weighted by molar-refractivity contribution is -0.137. The third-order valence-corrected chi connectivity index (χ3v) is 2.50. The molecule has 0 heterocycles. The summed E-state index contributed by atoms with van der Waals surface area (Å²) in [6, 6.07) is 5.11. The monoisotopic (exact) mass is 247 g/mol. The Morgan fingerprint density at radius 3 is 2.65 bits per heavy atom. The highest BCUT2D eigenvalue weighted by Gasteiger charge is 2.30. The highest BCUT2D eigenvalue weighted by Crippen LogP contribution is 2.30. The summed E-state index contributed by atoms with van der Waals surface area (Å²) in [6.45, 7) is 2.45. The summed E-state index contributed by atoms with van der Waals surface area (Å²) < 4.78 is 37.5. The molecule has 1 atom stereocenters. The van der Waals surface area contributed by atoms with Gasteiger partial charge in [0.1, 0.15) is 0 Å². The maximum Gasteiger partial charge on any atom is 0.416 e. The maximum atomic E-state index is 12.5. The zero-order valence-electron chi connectivity index (χ0n) is 9.59. The Kier molecular flexibility index (Phi) is 4.96. The Morgan fingerprint density at radius 2 is 2.06 bits per heavy atom. The topological polar surface area (TPSA) is 32.3 Å². The summed E-state index contributed by atoms with van der Waals surface area (Å²) in [5.41, 5.74) is -0.0384. The number of aliphatic hydroxyl groups excluding tert-OH is 1. The van der Waals surface area contributed by atoms with E-state index in [0.29, 0.717) is 18.5 Å². The number of halogens is 3. The van der Waals surface area contributed by atoms with Gasteiger partial charge in [-0.3, -0.25) is 0 Å². The molecular weight excluding hydrogens is 231 g/mol. The number of hydrogen-bond acceptors (Lipinski definition) is 2. The van der Waals surface area contributed by atoms with Gasteiger partial charge < -0.3 is 10.4 Å². The Hall–Kier alpha value is -1.07. The van der Waals surface area contributed by atoms with Gasteiger partial charge in [-0.1, -0.05) is 12.1 Å². The van der Waals surface area contributed by atoms with Crippen molar-refractivity contribution in [3.63, 3.8) is 0 Å². The molecule has 17 heavy (non-hydrogen) atoms. The zero-order valence-corrected chi connectivity index (χ0v) is 9.59. The highest BCUT2D eigenvalue weighted by molar-refractivity contribution is 5.27. The van der Waals surface area contributed by atoms with Gasteiger partial charge in [0.25, 0.3) is 0 Å². The zero-order chi connectivity index (χ0) is 12.9. The molecule has 0 spiro atoms. The summed E-state index contributed by atoms with van der Waals surface area (Å²) >= 11 is 0. The number of hydrogen-bond donors (Lipinski definition) is 2. The largest absolute Gasteiger partial charge is 0.416 e. The van der Waals surface area contributed by atoms with E-state index in [1.165, 1.54) is 6.07 Å². The Balaban J connectivity index is 2.71. The van der Waals surface area contributed by atoms with E-state index in [-0.39, 0.29) is 12.6 Å². The van der Waals surface area contributed by atoms with Crippen molar-refractivity contribution in [1.29, 1.82) is 0 Å². The minimum absolute atomic E-state index is 0.0717. The predicted octanol–water partition coefficient (Wildman–Crippen LogP) is 2.74. The molecule has 0 saturated heterocycles. The molecule has 2 nitrogen and oxygen atoms in total. The first-order chi connectivity index (χ1) is 7.95. The first-order valence-corrected chi connectivity index (χ1v) is 5.46. The molecule has 0 fully saturated rings. The van der Waals surface area contributed by atoms with Crippen molar-refractivity contribution < 1.29 is 18.3 Å². The molecule has 1 aromatic rings. The fraction of sp³-hybridized carbons (Fsp3) is 0.500. The predicted molar refractivity (Wildman–Crippen MR) is 59.6 cm³/mol. The van der Waals surface area contributed by atoms with E-state index in [1.54, 1.807) is 13.0 Å². The molecule has 0 saturated carbocycles. The Labute approximate surface area is 98.5 Å². The molecule has 0 bridgehead atoms. The van der Waals surface area contributed by atoms with Crippen LogP contribution in [0.3, 0.4) is 0 Å². The van der Waals surface area contributed by atoms with Crippen LogP contribution in [0.25, 0.3) is 0 Å². The molecule has 96 valence electrons. The molecule has 2 N–H and O–H groups in total. The first-order valence-electron chi connectivity index (χ1n) is 5.46. The van der Waals surface area contributed by atoms with Crippen LogP contribution in [0.15, 0.2) is 24.3 Å². The molecule has 0 aromatic heterocycles. The van der Waals surface area contributed by atoms with Gasteiger partial charge in [-0.25, -0.2) is 0 Å². The molecule has 0 aliphatic rings. The molecular formula is C12H16F3NO. The normalized spacial score (nSPS) is 13.7. The third kappa shape index (κ3) is 4.36. The van der Waals surface area contributed by atoms with Crippen molar-refractivity contribution in [2.24, 2.45) is 0 Å².